The number of nitrogens with two attached hydrogens (primary N) is 1. The van der Waals surface area contributed by atoms with Crippen molar-refractivity contribution < 1.29 is 9.59 Å². The molecule has 0 radical (unpaired) electrons. The maximum Gasteiger partial charge on any atom is 0.217 e. The van der Waals surface area contributed by atoms with E-state index in [1.54, 1.807) is 0 Å². The van der Waals surface area contributed by atoms with E-state index in [1.807, 2.05) is 0 Å². The highest BCUT2D eigenvalue weighted by Crippen LogP contribution is 2.05. The number of amides is 1. The molecule has 1 atom stereocenters. The van der Waals surface area contributed by atoms with Crippen LogP contribution in [0.15, 0.2) is 0 Å². The van der Waals surface area contributed by atoms with E-state index in [1.165, 1.54) is 6.92 Å². The van der Waals surface area contributed by atoms with Gasteiger partial charge in [0.05, 0.1) is 17.8 Å². The van der Waals surface area contributed by atoms with Crippen molar-refractivity contribution in [2.75, 3.05) is 5.88 Å². The number of unbranched alkanes of at least 4 members (excludes halogenated alkanes) is 1. The summed E-state index contributed by atoms with van der Waals surface area (Å²) in [5.41, 5.74) is 5.20. The second-order valence-corrected chi connectivity index (χ2v) is 3.89. The summed E-state index contributed by atoms with van der Waals surface area (Å²) in [7, 11) is 0. The Morgan fingerprint density at radius 2 is 2.06 bits per heavy atom. The number of carbonyl (C=O) groups is 2. The molecule has 0 bridgehead atoms. The lowest BCUT2D eigenvalue weighted by Crippen LogP contribution is -2.40. The second kappa shape index (κ2) is 8.10. The van der Waals surface area contributed by atoms with E-state index in [0.717, 1.165) is 12.8 Å². The van der Waals surface area contributed by atoms with Crippen molar-refractivity contribution in [1.29, 1.82) is 5.41 Å². The van der Waals surface area contributed by atoms with Gasteiger partial charge < -0.3 is 11.1 Å². The van der Waals surface area contributed by atoms with Gasteiger partial charge in [0.25, 0.3) is 0 Å². The predicted octanol–water partition coefficient (Wildman–Crippen LogP) is 0.795. The molecule has 0 aliphatic heterocycles. The standard InChI is InChI=1S/C10H18ClN3O2/c1-7(15)14-8(9(16)6-11)4-2-3-5-10(12)13/h8H,2-6H2,1H3,(H3,12,13)(H,14,15). The Labute approximate surface area is 100 Å². The Kier molecular flexibility index (Phi) is 7.54. The highest BCUT2D eigenvalue weighted by Gasteiger charge is 2.17. The monoisotopic (exact) mass is 247 g/mol. The summed E-state index contributed by atoms with van der Waals surface area (Å²) in [4.78, 5) is 22.2. The fourth-order valence-corrected chi connectivity index (χ4v) is 1.50. The van der Waals surface area contributed by atoms with Gasteiger partial charge >= 0.3 is 0 Å². The van der Waals surface area contributed by atoms with Crippen molar-refractivity contribution in [3.05, 3.63) is 0 Å². The maximum atomic E-state index is 11.4. The first-order valence-corrected chi connectivity index (χ1v) is 5.69. The van der Waals surface area contributed by atoms with Crippen LogP contribution in [-0.4, -0.2) is 29.4 Å². The Balaban J connectivity index is 3.97. The van der Waals surface area contributed by atoms with Crippen LogP contribution in [0, 0.1) is 5.41 Å². The summed E-state index contributed by atoms with van der Waals surface area (Å²) in [5, 5.41) is 9.59. The van der Waals surface area contributed by atoms with Gasteiger partial charge in [-0.1, -0.05) is 6.42 Å². The minimum absolute atomic E-state index is 0.0995. The van der Waals surface area contributed by atoms with E-state index in [2.05, 4.69) is 5.32 Å². The molecule has 6 heteroatoms. The maximum absolute atomic E-state index is 11.4. The normalized spacial score (nSPS) is 11.9. The number of hydrogen-bond acceptors (Lipinski definition) is 3. The van der Waals surface area contributed by atoms with Crippen LogP contribution in [0.3, 0.4) is 0 Å². The minimum Gasteiger partial charge on any atom is -0.388 e. The molecule has 16 heavy (non-hydrogen) atoms. The Morgan fingerprint density at radius 3 is 2.50 bits per heavy atom. The van der Waals surface area contributed by atoms with Crippen LogP contribution in [0.4, 0.5) is 0 Å². The zero-order chi connectivity index (χ0) is 12.6. The molecular weight excluding hydrogens is 230 g/mol. The summed E-state index contributed by atoms with van der Waals surface area (Å²) in [6, 6.07) is -0.512. The van der Waals surface area contributed by atoms with Gasteiger partial charge in [-0.25, -0.2) is 0 Å². The lowest BCUT2D eigenvalue weighted by molar-refractivity contribution is -0.125. The molecule has 4 N–H and O–H groups in total. The van der Waals surface area contributed by atoms with E-state index in [-0.39, 0.29) is 23.4 Å². The fourth-order valence-electron chi connectivity index (χ4n) is 1.32. The SMILES string of the molecule is CC(=O)NC(CCCCC(=N)N)C(=O)CCl. The first-order valence-electron chi connectivity index (χ1n) is 5.16. The van der Waals surface area contributed by atoms with Crippen LogP contribution < -0.4 is 11.1 Å². The van der Waals surface area contributed by atoms with Gasteiger partial charge in [0, 0.05) is 13.3 Å². The quantitative estimate of drug-likeness (QED) is 0.256. The molecule has 1 amide bonds. The van der Waals surface area contributed by atoms with Crippen molar-refractivity contribution in [1.82, 2.24) is 5.32 Å². The molecule has 0 saturated carbocycles. The molecule has 0 saturated heterocycles. The number of nitrogens with one attached hydrogen (secondary N) is 2. The van der Waals surface area contributed by atoms with Gasteiger partial charge in [0.1, 0.15) is 0 Å². The molecule has 0 rings (SSSR count). The molecule has 0 aromatic carbocycles. The minimum atomic E-state index is -0.512. The van der Waals surface area contributed by atoms with Crippen LogP contribution in [0.25, 0.3) is 0 Å². The van der Waals surface area contributed by atoms with Gasteiger partial charge in [-0.05, 0) is 12.8 Å². The van der Waals surface area contributed by atoms with Gasteiger partial charge in [-0.15, -0.1) is 11.6 Å². The molecule has 0 aromatic rings. The van der Waals surface area contributed by atoms with Crippen molar-refractivity contribution in [3.8, 4) is 0 Å². The topological polar surface area (TPSA) is 96.0 Å². The number of rotatable bonds is 8. The lowest BCUT2D eigenvalue weighted by atomic mass is 10.0. The van der Waals surface area contributed by atoms with Crippen molar-refractivity contribution in [2.45, 2.75) is 38.6 Å². The summed E-state index contributed by atoms with van der Waals surface area (Å²) in [6.45, 7) is 1.37. The molecule has 5 nitrogen and oxygen atoms in total. The molecule has 92 valence electrons. The van der Waals surface area contributed by atoms with Crippen molar-refractivity contribution >= 4 is 29.1 Å². The van der Waals surface area contributed by atoms with Gasteiger partial charge in [-0.2, -0.15) is 0 Å². The smallest absolute Gasteiger partial charge is 0.217 e. The molecule has 0 spiro atoms. The van der Waals surface area contributed by atoms with Crippen molar-refractivity contribution in [3.63, 3.8) is 0 Å². The largest absolute Gasteiger partial charge is 0.388 e. The van der Waals surface area contributed by atoms with E-state index in [0.29, 0.717) is 12.8 Å². The Bertz CT molecular complexity index is 269. The molecule has 1 unspecified atom stereocenters. The third kappa shape index (κ3) is 7.23. The molecule has 0 heterocycles. The number of carbonyl (C=O) groups excluding carboxylic acids is 2. The average molecular weight is 248 g/mol. The van der Waals surface area contributed by atoms with Gasteiger partial charge in [0.2, 0.25) is 5.91 Å². The summed E-state index contributed by atoms with van der Waals surface area (Å²) in [6.07, 6.45) is 2.52. The molecule has 0 aliphatic carbocycles. The van der Waals surface area contributed by atoms with Crippen molar-refractivity contribution in [2.24, 2.45) is 5.73 Å². The Morgan fingerprint density at radius 1 is 1.44 bits per heavy atom. The third-order valence-electron chi connectivity index (χ3n) is 2.09. The fraction of sp³-hybridized carbons (Fsp3) is 0.700. The second-order valence-electron chi connectivity index (χ2n) is 3.62. The predicted molar refractivity (Wildman–Crippen MR) is 63.7 cm³/mol. The highest BCUT2D eigenvalue weighted by atomic mass is 35.5. The number of hydrogen-bond donors (Lipinski definition) is 3. The molecule has 0 aromatic heterocycles. The first kappa shape index (κ1) is 14.9. The molecule has 0 aliphatic rings. The summed E-state index contributed by atoms with van der Waals surface area (Å²) < 4.78 is 0. The van der Waals surface area contributed by atoms with E-state index >= 15 is 0 Å². The van der Waals surface area contributed by atoms with E-state index < -0.39 is 6.04 Å². The number of Topliss-reactive ketones (excluding diaryl/α,β-unsaturated/α-hetero) is 1. The number of amidine groups is 1. The molecule has 0 fully saturated rings. The summed E-state index contributed by atoms with van der Waals surface area (Å²) >= 11 is 5.44. The summed E-state index contributed by atoms with van der Waals surface area (Å²) in [5.74, 6) is -0.382. The van der Waals surface area contributed by atoms with E-state index in [9.17, 15) is 9.59 Å². The zero-order valence-corrected chi connectivity index (χ0v) is 10.1. The highest BCUT2D eigenvalue weighted by molar-refractivity contribution is 6.28. The lowest BCUT2D eigenvalue weighted by Gasteiger charge is -2.15. The molecular formula is C10H18ClN3O2. The number of ketones is 1. The van der Waals surface area contributed by atoms with Gasteiger partial charge in [-0.3, -0.25) is 15.0 Å². The third-order valence-corrected chi connectivity index (χ3v) is 2.35. The first-order chi connectivity index (χ1) is 7.47. The van der Waals surface area contributed by atoms with Gasteiger partial charge in [0.15, 0.2) is 5.78 Å². The number of alkyl halides is 1. The van der Waals surface area contributed by atoms with Crippen LogP contribution >= 0.6 is 11.6 Å². The van der Waals surface area contributed by atoms with Crippen LogP contribution in [0.5, 0.6) is 0 Å². The van der Waals surface area contributed by atoms with Crippen LogP contribution in [0.2, 0.25) is 0 Å². The zero-order valence-electron chi connectivity index (χ0n) is 9.38. The van der Waals surface area contributed by atoms with Crippen LogP contribution in [0.1, 0.15) is 32.6 Å². The average Bonchev–Trinajstić information content (AvgIpc) is 2.20. The Hall–Kier alpha value is -1.10. The van der Waals surface area contributed by atoms with Crippen LogP contribution in [-0.2, 0) is 9.59 Å². The van der Waals surface area contributed by atoms with E-state index in [4.69, 9.17) is 22.7 Å². The number of halogens is 1.